The molecule has 3 rings (SSSR count). The Balaban J connectivity index is 1.95. The minimum absolute atomic E-state index is 0.479. The minimum atomic E-state index is 0.479. The smallest absolute Gasteiger partial charge is 0.136 e. The summed E-state index contributed by atoms with van der Waals surface area (Å²) in [5.74, 6) is 0.788. The van der Waals surface area contributed by atoms with Crippen LogP contribution in [0.1, 0.15) is 31.0 Å². The third-order valence-electron chi connectivity index (χ3n) is 3.93. The summed E-state index contributed by atoms with van der Waals surface area (Å²) >= 11 is 3.50. The molecule has 1 aromatic rings. The van der Waals surface area contributed by atoms with Gasteiger partial charge in [-0.1, -0.05) is 0 Å². The molecule has 2 atom stereocenters. The summed E-state index contributed by atoms with van der Waals surface area (Å²) in [5, 5.41) is 4.57. The highest BCUT2D eigenvalue weighted by molar-refractivity contribution is 9.10. The average Bonchev–Trinajstić information content (AvgIpc) is 2.90. The van der Waals surface area contributed by atoms with E-state index in [1.165, 1.54) is 32.4 Å². The molecule has 0 aliphatic carbocycles. The number of nitrogens with zero attached hydrogens (tertiary/aromatic N) is 3. The molecule has 1 aromatic heterocycles. The number of hydrogen-bond donors (Lipinski definition) is 1. The Morgan fingerprint density at radius 3 is 2.81 bits per heavy atom. The fourth-order valence-corrected chi connectivity index (χ4v) is 3.40. The zero-order chi connectivity index (χ0) is 11.3. The van der Waals surface area contributed by atoms with Gasteiger partial charge in [-0.15, -0.1) is 0 Å². The standard InChI is InChI=1S/C11H17BrN4/c1-7-10(12)11(13)16(14-7)9-4-6-15-5-2-3-8(9)15/h8-9H,2-6,13H2,1H3. The van der Waals surface area contributed by atoms with Crippen molar-refractivity contribution in [1.82, 2.24) is 14.7 Å². The van der Waals surface area contributed by atoms with Crippen LogP contribution in [0.5, 0.6) is 0 Å². The quantitative estimate of drug-likeness (QED) is 0.858. The molecule has 2 fully saturated rings. The molecule has 0 aromatic carbocycles. The molecule has 2 aliphatic heterocycles. The predicted molar refractivity (Wildman–Crippen MR) is 67.3 cm³/mol. The van der Waals surface area contributed by atoms with E-state index in [1.807, 2.05) is 11.6 Å². The van der Waals surface area contributed by atoms with Crippen molar-refractivity contribution >= 4 is 21.7 Å². The van der Waals surface area contributed by atoms with E-state index in [-0.39, 0.29) is 0 Å². The van der Waals surface area contributed by atoms with E-state index in [0.29, 0.717) is 12.1 Å². The van der Waals surface area contributed by atoms with Crippen LogP contribution in [0.4, 0.5) is 5.82 Å². The number of halogens is 1. The molecular weight excluding hydrogens is 268 g/mol. The molecular formula is C11H17BrN4. The molecule has 2 saturated heterocycles. The van der Waals surface area contributed by atoms with Crippen LogP contribution in [0.3, 0.4) is 0 Å². The molecule has 88 valence electrons. The molecule has 0 bridgehead atoms. The van der Waals surface area contributed by atoms with Crippen LogP contribution in [0, 0.1) is 6.92 Å². The fourth-order valence-electron chi connectivity index (χ4n) is 3.14. The zero-order valence-electron chi connectivity index (χ0n) is 9.49. The van der Waals surface area contributed by atoms with Gasteiger partial charge >= 0.3 is 0 Å². The van der Waals surface area contributed by atoms with Crippen molar-refractivity contribution in [1.29, 1.82) is 0 Å². The Morgan fingerprint density at radius 1 is 1.31 bits per heavy atom. The van der Waals surface area contributed by atoms with Crippen molar-refractivity contribution in [3.8, 4) is 0 Å². The van der Waals surface area contributed by atoms with Crippen molar-refractivity contribution in [2.24, 2.45) is 0 Å². The number of nitrogens with two attached hydrogens (primary N) is 1. The maximum Gasteiger partial charge on any atom is 0.136 e. The Bertz CT molecular complexity index is 414. The number of anilines is 1. The summed E-state index contributed by atoms with van der Waals surface area (Å²) in [6, 6.07) is 1.14. The van der Waals surface area contributed by atoms with Crippen LogP contribution in [-0.4, -0.2) is 33.8 Å². The highest BCUT2D eigenvalue weighted by atomic mass is 79.9. The van der Waals surface area contributed by atoms with Gasteiger partial charge in [0.05, 0.1) is 16.2 Å². The average molecular weight is 285 g/mol. The minimum Gasteiger partial charge on any atom is -0.383 e. The van der Waals surface area contributed by atoms with E-state index in [0.717, 1.165) is 16.0 Å². The summed E-state index contributed by atoms with van der Waals surface area (Å²) < 4.78 is 3.00. The van der Waals surface area contributed by atoms with Crippen molar-refractivity contribution in [3.05, 3.63) is 10.2 Å². The van der Waals surface area contributed by atoms with Crippen LogP contribution < -0.4 is 5.73 Å². The first-order valence-electron chi connectivity index (χ1n) is 5.92. The molecule has 0 amide bonds. The summed E-state index contributed by atoms with van der Waals surface area (Å²) in [7, 11) is 0. The lowest BCUT2D eigenvalue weighted by Crippen LogP contribution is -2.28. The van der Waals surface area contributed by atoms with Gasteiger partial charge in [-0.2, -0.15) is 5.10 Å². The third-order valence-corrected chi connectivity index (χ3v) is 4.91. The molecule has 0 radical (unpaired) electrons. The number of rotatable bonds is 1. The molecule has 2 unspecified atom stereocenters. The van der Waals surface area contributed by atoms with Crippen molar-refractivity contribution in [2.75, 3.05) is 18.8 Å². The van der Waals surface area contributed by atoms with Crippen molar-refractivity contribution in [3.63, 3.8) is 0 Å². The summed E-state index contributed by atoms with van der Waals surface area (Å²) in [6.07, 6.45) is 3.80. The van der Waals surface area contributed by atoms with Gasteiger partial charge in [0.2, 0.25) is 0 Å². The lowest BCUT2D eigenvalue weighted by Gasteiger charge is -2.21. The topological polar surface area (TPSA) is 47.1 Å². The highest BCUT2D eigenvalue weighted by Crippen LogP contribution is 2.38. The van der Waals surface area contributed by atoms with Crippen LogP contribution in [0.2, 0.25) is 0 Å². The van der Waals surface area contributed by atoms with Gasteiger partial charge in [-0.25, -0.2) is 4.68 Å². The van der Waals surface area contributed by atoms with Gasteiger partial charge in [0, 0.05) is 12.6 Å². The summed E-state index contributed by atoms with van der Waals surface area (Å²) in [6.45, 7) is 4.45. The first-order chi connectivity index (χ1) is 7.68. The number of aromatic nitrogens is 2. The normalized spacial score (nSPS) is 29.9. The van der Waals surface area contributed by atoms with E-state index in [2.05, 4.69) is 25.9 Å². The van der Waals surface area contributed by atoms with E-state index in [1.54, 1.807) is 0 Å². The van der Waals surface area contributed by atoms with Crippen LogP contribution in [0.25, 0.3) is 0 Å². The molecule has 16 heavy (non-hydrogen) atoms. The zero-order valence-corrected chi connectivity index (χ0v) is 11.1. The second-order valence-electron chi connectivity index (χ2n) is 4.83. The third kappa shape index (κ3) is 1.41. The number of aryl methyl sites for hydroxylation is 1. The van der Waals surface area contributed by atoms with Gasteiger partial charge in [-0.05, 0) is 48.7 Å². The lowest BCUT2D eigenvalue weighted by molar-refractivity contribution is 0.283. The van der Waals surface area contributed by atoms with Crippen LogP contribution >= 0.6 is 15.9 Å². The van der Waals surface area contributed by atoms with Crippen LogP contribution in [0.15, 0.2) is 4.47 Å². The molecule has 2 N–H and O–H groups in total. The van der Waals surface area contributed by atoms with Crippen LogP contribution in [-0.2, 0) is 0 Å². The maximum absolute atomic E-state index is 6.10. The number of hydrogen-bond acceptors (Lipinski definition) is 3. The lowest BCUT2D eigenvalue weighted by atomic mass is 10.1. The molecule has 0 spiro atoms. The van der Waals surface area contributed by atoms with Gasteiger partial charge in [0.1, 0.15) is 5.82 Å². The monoisotopic (exact) mass is 284 g/mol. The summed E-state index contributed by atoms with van der Waals surface area (Å²) in [4.78, 5) is 2.58. The first-order valence-corrected chi connectivity index (χ1v) is 6.72. The van der Waals surface area contributed by atoms with Gasteiger partial charge in [0.25, 0.3) is 0 Å². The van der Waals surface area contributed by atoms with Crippen molar-refractivity contribution in [2.45, 2.75) is 38.3 Å². The molecule has 5 heteroatoms. The first kappa shape index (κ1) is 10.6. The Morgan fingerprint density at radius 2 is 2.12 bits per heavy atom. The molecule has 3 heterocycles. The van der Waals surface area contributed by atoms with Gasteiger partial charge in [0.15, 0.2) is 0 Å². The molecule has 2 aliphatic rings. The Labute approximate surface area is 104 Å². The number of nitrogen functional groups attached to an aromatic ring is 1. The largest absolute Gasteiger partial charge is 0.383 e. The Hall–Kier alpha value is -0.550. The summed E-state index contributed by atoms with van der Waals surface area (Å²) in [5.41, 5.74) is 7.10. The van der Waals surface area contributed by atoms with E-state index in [4.69, 9.17) is 5.73 Å². The Kier molecular flexibility index (Phi) is 2.47. The molecule has 4 nitrogen and oxygen atoms in total. The number of fused-ring (bicyclic) bond motifs is 1. The predicted octanol–water partition coefficient (Wildman–Crippen LogP) is 1.95. The van der Waals surface area contributed by atoms with Gasteiger partial charge < -0.3 is 5.73 Å². The fraction of sp³-hybridized carbons (Fsp3) is 0.727. The second-order valence-corrected chi connectivity index (χ2v) is 5.62. The van der Waals surface area contributed by atoms with Gasteiger partial charge in [-0.3, -0.25) is 4.90 Å². The highest BCUT2D eigenvalue weighted by Gasteiger charge is 2.39. The second kappa shape index (κ2) is 3.74. The van der Waals surface area contributed by atoms with E-state index >= 15 is 0 Å². The maximum atomic E-state index is 6.10. The SMILES string of the molecule is Cc1nn(C2CCN3CCCC23)c(N)c1Br. The van der Waals surface area contributed by atoms with Crippen molar-refractivity contribution < 1.29 is 0 Å². The van der Waals surface area contributed by atoms with E-state index < -0.39 is 0 Å². The molecule has 0 saturated carbocycles. The van der Waals surface area contributed by atoms with E-state index in [9.17, 15) is 0 Å².